The van der Waals surface area contributed by atoms with Crippen molar-refractivity contribution in [3.8, 4) is 6.07 Å². The van der Waals surface area contributed by atoms with Crippen LogP contribution < -0.4 is 10.5 Å². The molecule has 0 bridgehead atoms. The van der Waals surface area contributed by atoms with Crippen LogP contribution in [0.3, 0.4) is 0 Å². The molecule has 112 valence electrons. The molecule has 0 atom stereocenters. The number of nitriles is 1. The Morgan fingerprint density at radius 2 is 2.23 bits per heavy atom. The highest BCUT2D eigenvalue weighted by atomic mass is 16.4. The van der Waals surface area contributed by atoms with Crippen LogP contribution in [0, 0.1) is 18.3 Å². The molecule has 1 heterocycles. The lowest BCUT2D eigenvalue weighted by Crippen LogP contribution is -2.21. The molecule has 0 aliphatic carbocycles. The van der Waals surface area contributed by atoms with E-state index in [0.29, 0.717) is 24.3 Å². The van der Waals surface area contributed by atoms with E-state index >= 15 is 0 Å². The van der Waals surface area contributed by atoms with Crippen LogP contribution in [-0.2, 0) is 6.54 Å². The highest BCUT2D eigenvalue weighted by Crippen LogP contribution is 2.09. The Labute approximate surface area is 127 Å². The first-order valence-corrected chi connectivity index (χ1v) is 6.61. The number of carbonyl (C=O) groups excluding carboxylic acids is 1. The zero-order valence-corrected chi connectivity index (χ0v) is 12.0. The van der Waals surface area contributed by atoms with Crippen LogP contribution in [0.1, 0.15) is 28.0 Å². The number of carboxylic acid groups (broad SMARTS) is 1. The molecule has 1 N–H and O–H groups in total. The first kappa shape index (κ1) is 15.3. The van der Waals surface area contributed by atoms with Gasteiger partial charge in [0.05, 0.1) is 36.9 Å². The highest BCUT2D eigenvalue weighted by molar-refractivity contribution is 5.86. The maximum absolute atomic E-state index is 10.6. The summed E-state index contributed by atoms with van der Waals surface area (Å²) in [7, 11) is 0. The van der Waals surface area contributed by atoms with Crippen molar-refractivity contribution in [2.75, 3.05) is 5.43 Å². The Kier molecular flexibility index (Phi) is 4.88. The number of benzene rings is 1. The maximum Gasteiger partial charge on any atom is 0.108 e. The van der Waals surface area contributed by atoms with Gasteiger partial charge >= 0.3 is 0 Å². The second-order valence-corrected chi connectivity index (χ2v) is 4.60. The monoisotopic (exact) mass is 296 g/mol. The minimum Gasteiger partial charge on any atom is -0.545 e. The molecule has 2 aromatic rings. The van der Waals surface area contributed by atoms with Gasteiger partial charge in [-0.15, -0.1) is 0 Å². The predicted octanol–water partition coefficient (Wildman–Crippen LogP) is 0.915. The Hall–Kier alpha value is -3.14. The summed E-state index contributed by atoms with van der Waals surface area (Å²) in [6.45, 7) is 2.45. The molecule has 0 unspecified atom stereocenters. The molecule has 0 radical (unpaired) electrons. The van der Waals surface area contributed by atoms with Gasteiger partial charge in [0, 0.05) is 6.20 Å². The molecule has 1 aromatic heterocycles. The van der Waals surface area contributed by atoms with E-state index in [2.05, 4.69) is 21.7 Å². The average molecular weight is 296 g/mol. The van der Waals surface area contributed by atoms with Gasteiger partial charge in [0.25, 0.3) is 0 Å². The van der Waals surface area contributed by atoms with E-state index in [4.69, 9.17) is 5.26 Å². The van der Waals surface area contributed by atoms with Crippen molar-refractivity contribution in [3.63, 3.8) is 0 Å². The quantitative estimate of drug-likeness (QED) is 0.630. The number of aromatic carboxylic acids is 1. The number of anilines is 1. The molecule has 0 aliphatic rings. The largest absolute Gasteiger partial charge is 0.545 e. The van der Waals surface area contributed by atoms with Crippen molar-refractivity contribution in [3.05, 3.63) is 47.3 Å². The number of nitrogens with one attached hydrogen (secondary N) is 1. The van der Waals surface area contributed by atoms with Gasteiger partial charge in [-0.25, -0.2) is 0 Å². The fraction of sp³-hybridized carbons (Fsp3) is 0.200. The SMILES string of the molecule is Cc1cn(CCC#N)nc1/C=N\Nc1ccc(C(=O)[O-])cc1. The van der Waals surface area contributed by atoms with Gasteiger partial charge in [-0.2, -0.15) is 15.5 Å². The number of carbonyl (C=O) groups is 1. The third-order valence-electron chi connectivity index (χ3n) is 2.94. The van der Waals surface area contributed by atoms with Crippen molar-refractivity contribution in [1.82, 2.24) is 9.78 Å². The van der Waals surface area contributed by atoms with E-state index in [0.717, 1.165) is 5.56 Å². The molecule has 2 rings (SSSR count). The minimum atomic E-state index is -1.21. The van der Waals surface area contributed by atoms with Crippen molar-refractivity contribution < 1.29 is 9.90 Å². The molecule has 0 spiro atoms. The number of aryl methyl sites for hydroxylation is 2. The van der Waals surface area contributed by atoms with Crippen molar-refractivity contribution in [1.29, 1.82) is 5.26 Å². The normalized spacial score (nSPS) is 10.5. The number of aromatic nitrogens is 2. The summed E-state index contributed by atoms with van der Waals surface area (Å²) in [5.74, 6) is -1.21. The number of carboxylic acids is 1. The lowest BCUT2D eigenvalue weighted by Gasteiger charge is -2.03. The number of hydrogen-bond donors (Lipinski definition) is 1. The van der Waals surface area contributed by atoms with Crippen LogP contribution in [0.2, 0.25) is 0 Å². The van der Waals surface area contributed by atoms with Gasteiger partial charge < -0.3 is 9.90 Å². The number of hydrogen-bond acceptors (Lipinski definition) is 6. The first-order chi connectivity index (χ1) is 10.6. The fourth-order valence-electron chi connectivity index (χ4n) is 1.79. The molecule has 22 heavy (non-hydrogen) atoms. The third kappa shape index (κ3) is 3.93. The first-order valence-electron chi connectivity index (χ1n) is 6.61. The molecule has 0 saturated carbocycles. The Balaban J connectivity index is 1.99. The van der Waals surface area contributed by atoms with E-state index in [1.54, 1.807) is 23.0 Å². The maximum atomic E-state index is 10.6. The zero-order chi connectivity index (χ0) is 15.9. The predicted molar refractivity (Wildman–Crippen MR) is 79.2 cm³/mol. The second kappa shape index (κ2) is 7.04. The van der Waals surface area contributed by atoms with Gasteiger partial charge in [-0.1, -0.05) is 12.1 Å². The van der Waals surface area contributed by atoms with Crippen LogP contribution in [0.15, 0.2) is 35.6 Å². The summed E-state index contributed by atoms with van der Waals surface area (Å²) < 4.78 is 1.70. The number of nitrogens with zero attached hydrogens (tertiary/aromatic N) is 4. The highest BCUT2D eigenvalue weighted by Gasteiger charge is 2.02. The molecule has 0 fully saturated rings. The Morgan fingerprint density at radius 3 is 2.86 bits per heavy atom. The molecule has 1 aromatic carbocycles. The molecule has 7 heteroatoms. The van der Waals surface area contributed by atoms with E-state index in [-0.39, 0.29) is 5.56 Å². The van der Waals surface area contributed by atoms with Gasteiger partial charge in [0.15, 0.2) is 0 Å². The molecule has 0 saturated heterocycles. The Morgan fingerprint density at radius 1 is 1.50 bits per heavy atom. The summed E-state index contributed by atoms with van der Waals surface area (Å²) in [5, 5.41) is 27.6. The lowest BCUT2D eigenvalue weighted by molar-refractivity contribution is -0.255. The van der Waals surface area contributed by atoms with Gasteiger partial charge in [0.1, 0.15) is 5.69 Å². The van der Waals surface area contributed by atoms with Gasteiger partial charge in [0.2, 0.25) is 0 Å². The summed E-state index contributed by atoms with van der Waals surface area (Å²) in [5.41, 5.74) is 5.22. The van der Waals surface area contributed by atoms with Crippen LogP contribution >= 0.6 is 0 Å². The molecule has 0 amide bonds. The van der Waals surface area contributed by atoms with Crippen LogP contribution in [0.5, 0.6) is 0 Å². The van der Waals surface area contributed by atoms with E-state index < -0.39 is 5.97 Å². The topological polar surface area (TPSA) is 106 Å². The smallest absolute Gasteiger partial charge is 0.108 e. The van der Waals surface area contributed by atoms with Crippen molar-refractivity contribution >= 4 is 17.9 Å². The molecule has 7 nitrogen and oxygen atoms in total. The molecular formula is C15H14N5O2-. The van der Waals surface area contributed by atoms with E-state index in [1.165, 1.54) is 12.1 Å². The van der Waals surface area contributed by atoms with Crippen LogP contribution in [0.25, 0.3) is 0 Å². The minimum absolute atomic E-state index is 0.113. The Bertz CT molecular complexity index is 725. The number of hydrazone groups is 1. The molecular weight excluding hydrogens is 282 g/mol. The van der Waals surface area contributed by atoms with Crippen LogP contribution in [0.4, 0.5) is 5.69 Å². The third-order valence-corrected chi connectivity index (χ3v) is 2.94. The fourth-order valence-corrected chi connectivity index (χ4v) is 1.79. The van der Waals surface area contributed by atoms with Gasteiger partial charge in [-0.05, 0) is 30.2 Å². The summed E-state index contributed by atoms with van der Waals surface area (Å²) in [6.07, 6.45) is 3.83. The van der Waals surface area contributed by atoms with Crippen LogP contribution in [-0.4, -0.2) is 22.0 Å². The van der Waals surface area contributed by atoms with E-state index in [9.17, 15) is 9.90 Å². The number of rotatable bonds is 6. The summed E-state index contributed by atoms with van der Waals surface area (Å²) in [6, 6.07) is 8.14. The average Bonchev–Trinajstić information content (AvgIpc) is 2.86. The standard InChI is InChI=1S/C15H15N5O2/c1-11-10-20(8-2-7-16)19-14(11)9-17-18-13-5-3-12(4-6-13)15(21)22/h3-6,9-10,18H,2,8H2,1H3,(H,21,22)/p-1/b17-9-. The second-order valence-electron chi connectivity index (χ2n) is 4.60. The zero-order valence-electron chi connectivity index (χ0n) is 12.0. The summed E-state index contributed by atoms with van der Waals surface area (Å²) >= 11 is 0. The van der Waals surface area contributed by atoms with Gasteiger partial charge in [-0.3, -0.25) is 10.1 Å². The van der Waals surface area contributed by atoms with Crippen molar-refractivity contribution in [2.24, 2.45) is 5.10 Å². The summed E-state index contributed by atoms with van der Waals surface area (Å²) in [4.78, 5) is 10.6. The van der Waals surface area contributed by atoms with E-state index in [1.807, 2.05) is 13.1 Å². The molecule has 0 aliphatic heterocycles. The van der Waals surface area contributed by atoms with Crippen molar-refractivity contribution in [2.45, 2.75) is 19.9 Å². The lowest BCUT2D eigenvalue weighted by atomic mass is 10.2.